The highest BCUT2D eigenvalue weighted by Gasteiger charge is 2.47. The highest BCUT2D eigenvalue weighted by Crippen LogP contribution is 2.54. The molecule has 19 heavy (non-hydrogen) atoms. The van der Waals surface area contributed by atoms with Gasteiger partial charge in [-0.15, -0.1) is 0 Å². The van der Waals surface area contributed by atoms with Gasteiger partial charge >= 0.3 is 0 Å². The summed E-state index contributed by atoms with van der Waals surface area (Å²) in [6, 6.07) is 3.93. The summed E-state index contributed by atoms with van der Waals surface area (Å²) in [7, 11) is 0. The lowest BCUT2D eigenvalue weighted by Gasteiger charge is -2.17. The van der Waals surface area contributed by atoms with Crippen molar-refractivity contribution in [3.63, 3.8) is 0 Å². The number of rotatable bonds is 5. The number of ether oxygens (including phenoxy) is 1. The van der Waals surface area contributed by atoms with Gasteiger partial charge in [0.15, 0.2) is 0 Å². The zero-order chi connectivity index (χ0) is 13.5. The lowest BCUT2D eigenvalue weighted by atomic mass is 10.0. The van der Waals surface area contributed by atoms with E-state index in [0.29, 0.717) is 23.3 Å². The van der Waals surface area contributed by atoms with E-state index < -0.39 is 5.54 Å². The minimum Gasteiger partial charge on any atom is -0.491 e. The van der Waals surface area contributed by atoms with Crippen LogP contribution in [0.25, 0.3) is 0 Å². The molecule has 0 bridgehead atoms. The van der Waals surface area contributed by atoms with Gasteiger partial charge in [-0.25, -0.2) is 4.79 Å². The van der Waals surface area contributed by atoms with Gasteiger partial charge in [-0.1, -0.05) is 11.6 Å². The molecule has 2 saturated carbocycles. The van der Waals surface area contributed by atoms with Gasteiger partial charge < -0.3 is 4.74 Å². The summed E-state index contributed by atoms with van der Waals surface area (Å²) in [6.45, 7) is 2.69. The highest BCUT2D eigenvalue weighted by molar-refractivity contribution is 6.32. The third kappa shape index (κ3) is 2.54. The van der Waals surface area contributed by atoms with Gasteiger partial charge in [0.2, 0.25) is 6.08 Å². The second kappa shape index (κ2) is 4.66. The Balaban J connectivity index is 1.97. The maximum absolute atomic E-state index is 10.6. The predicted molar refractivity (Wildman–Crippen MR) is 73.4 cm³/mol. The number of aliphatic imine (C=N–C) groups is 1. The van der Waals surface area contributed by atoms with Crippen molar-refractivity contribution < 1.29 is 9.53 Å². The summed E-state index contributed by atoms with van der Waals surface area (Å²) in [5.41, 5.74) is 1.57. The smallest absolute Gasteiger partial charge is 0.235 e. The Kier molecular flexibility index (Phi) is 3.12. The van der Waals surface area contributed by atoms with Crippen LogP contribution in [0.1, 0.15) is 36.8 Å². The van der Waals surface area contributed by atoms with E-state index in [9.17, 15) is 4.79 Å². The molecule has 0 aliphatic heterocycles. The molecule has 0 amide bonds. The molecule has 4 heteroatoms. The Hall–Kier alpha value is -1.31. The van der Waals surface area contributed by atoms with E-state index in [1.54, 1.807) is 6.08 Å². The molecule has 0 radical (unpaired) electrons. The van der Waals surface area contributed by atoms with Crippen LogP contribution in [0.3, 0.4) is 0 Å². The van der Waals surface area contributed by atoms with Gasteiger partial charge in [-0.05, 0) is 56.2 Å². The van der Waals surface area contributed by atoms with Gasteiger partial charge in [0.05, 0.1) is 11.6 Å². The summed E-state index contributed by atoms with van der Waals surface area (Å²) in [5.74, 6) is 1.37. The number of isocyanates is 1. The zero-order valence-corrected chi connectivity index (χ0v) is 11.7. The van der Waals surface area contributed by atoms with Crippen molar-refractivity contribution in [1.29, 1.82) is 0 Å². The van der Waals surface area contributed by atoms with Crippen molar-refractivity contribution in [1.82, 2.24) is 0 Å². The largest absolute Gasteiger partial charge is 0.491 e. The first-order valence-corrected chi connectivity index (χ1v) is 7.05. The van der Waals surface area contributed by atoms with Crippen LogP contribution in [0.4, 0.5) is 0 Å². The van der Waals surface area contributed by atoms with Crippen LogP contribution in [-0.4, -0.2) is 12.7 Å². The minimum atomic E-state index is -0.434. The molecule has 100 valence electrons. The van der Waals surface area contributed by atoms with Gasteiger partial charge in [0.25, 0.3) is 0 Å². The number of benzene rings is 1. The average Bonchev–Trinajstić information content (AvgIpc) is 3.23. The van der Waals surface area contributed by atoms with Gasteiger partial charge in [-0.3, -0.25) is 0 Å². The SMILES string of the molecule is Cc1cc(Cl)c(OCC2CC2)c(C2(N=C=O)CC2)c1. The first-order chi connectivity index (χ1) is 9.14. The third-order valence-electron chi connectivity index (χ3n) is 3.83. The molecule has 0 N–H and O–H groups in total. The van der Waals surface area contributed by atoms with E-state index in [0.717, 1.165) is 24.0 Å². The van der Waals surface area contributed by atoms with E-state index in [1.807, 2.05) is 19.1 Å². The standard InChI is InChI=1S/C15H16ClNO2/c1-10-6-12(15(4-5-15)17-9-18)14(13(16)7-10)19-8-11-2-3-11/h6-7,11H,2-5,8H2,1H3. The van der Waals surface area contributed by atoms with Crippen molar-refractivity contribution in [2.24, 2.45) is 10.9 Å². The average molecular weight is 278 g/mol. The van der Waals surface area contributed by atoms with E-state index in [4.69, 9.17) is 16.3 Å². The summed E-state index contributed by atoms with van der Waals surface area (Å²) in [5, 5.41) is 0.614. The molecule has 1 aromatic carbocycles. The van der Waals surface area contributed by atoms with E-state index in [1.165, 1.54) is 12.8 Å². The van der Waals surface area contributed by atoms with Crippen LogP contribution in [-0.2, 0) is 10.3 Å². The Morgan fingerprint density at radius 1 is 1.47 bits per heavy atom. The zero-order valence-electron chi connectivity index (χ0n) is 10.9. The number of aryl methyl sites for hydroxylation is 1. The van der Waals surface area contributed by atoms with E-state index in [-0.39, 0.29) is 0 Å². The Morgan fingerprint density at radius 3 is 2.79 bits per heavy atom. The molecular weight excluding hydrogens is 262 g/mol. The van der Waals surface area contributed by atoms with Crippen molar-refractivity contribution >= 4 is 17.7 Å². The fourth-order valence-corrected chi connectivity index (χ4v) is 2.68. The molecule has 0 aromatic heterocycles. The molecule has 0 atom stereocenters. The third-order valence-corrected chi connectivity index (χ3v) is 4.11. The van der Waals surface area contributed by atoms with E-state index >= 15 is 0 Å². The van der Waals surface area contributed by atoms with Crippen LogP contribution in [0.5, 0.6) is 5.75 Å². The van der Waals surface area contributed by atoms with Crippen molar-refractivity contribution in [3.8, 4) is 5.75 Å². The fourth-order valence-electron chi connectivity index (χ4n) is 2.35. The summed E-state index contributed by atoms with van der Waals surface area (Å²) >= 11 is 6.31. The van der Waals surface area contributed by atoms with Crippen LogP contribution >= 0.6 is 11.6 Å². The quantitative estimate of drug-likeness (QED) is 0.607. The summed E-state index contributed by atoms with van der Waals surface area (Å²) < 4.78 is 5.90. The van der Waals surface area contributed by atoms with Gasteiger partial charge in [0.1, 0.15) is 11.3 Å². The molecule has 2 aliphatic carbocycles. The molecule has 0 heterocycles. The Labute approximate surface area is 117 Å². The van der Waals surface area contributed by atoms with Gasteiger partial charge in [0, 0.05) is 5.56 Å². The van der Waals surface area contributed by atoms with Crippen molar-refractivity contribution in [3.05, 3.63) is 28.3 Å². The highest BCUT2D eigenvalue weighted by atomic mass is 35.5. The topological polar surface area (TPSA) is 38.7 Å². The molecule has 3 nitrogen and oxygen atoms in total. The molecular formula is C15H16ClNO2. The maximum Gasteiger partial charge on any atom is 0.235 e. The van der Waals surface area contributed by atoms with Crippen molar-refractivity contribution in [2.75, 3.05) is 6.61 Å². The fraction of sp³-hybridized carbons (Fsp3) is 0.533. The first kappa shape index (κ1) is 12.7. The number of carbonyl (C=O) groups excluding carboxylic acids is 1. The van der Waals surface area contributed by atoms with Crippen LogP contribution in [0, 0.1) is 12.8 Å². The predicted octanol–water partition coefficient (Wildman–Crippen LogP) is 3.76. The van der Waals surface area contributed by atoms with Crippen LogP contribution in [0.15, 0.2) is 17.1 Å². The first-order valence-electron chi connectivity index (χ1n) is 6.67. The summed E-state index contributed by atoms with van der Waals surface area (Å²) in [6.07, 6.45) is 5.88. The molecule has 0 saturated heterocycles. The Bertz CT molecular complexity index is 556. The van der Waals surface area contributed by atoms with Crippen LogP contribution in [0.2, 0.25) is 5.02 Å². The minimum absolute atomic E-state index is 0.434. The molecule has 3 rings (SSSR count). The lowest BCUT2D eigenvalue weighted by Crippen LogP contribution is -2.09. The second-order valence-corrected chi connectivity index (χ2v) is 6.02. The molecule has 2 fully saturated rings. The number of hydrogen-bond acceptors (Lipinski definition) is 3. The second-order valence-electron chi connectivity index (χ2n) is 5.61. The maximum atomic E-state index is 10.6. The Morgan fingerprint density at radius 2 is 2.21 bits per heavy atom. The van der Waals surface area contributed by atoms with Gasteiger partial charge in [-0.2, -0.15) is 4.99 Å². The molecule has 2 aliphatic rings. The number of nitrogens with zero attached hydrogens (tertiary/aromatic N) is 1. The van der Waals surface area contributed by atoms with Crippen molar-refractivity contribution in [2.45, 2.75) is 38.1 Å². The van der Waals surface area contributed by atoms with E-state index in [2.05, 4.69) is 4.99 Å². The summed E-state index contributed by atoms with van der Waals surface area (Å²) in [4.78, 5) is 14.6. The molecule has 1 aromatic rings. The monoisotopic (exact) mass is 277 g/mol. The lowest BCUT2D eigenvalue weighted by molar-refractivity contribution is 0.294. The normalized spacial score (nSPS) is 19.7. The van der Waals surface area contributed by atoms with Crippen LogP contribution < -0.4 is 4.74 Å². The number of halogens is 1. The molecule has 0 unspecified atom stereocenters. The molecule has 0 spiro atoms. The number of hydrogen-bond donors (Lipinski definition) is 0.